The fourth-order valence-electron chi connectivity index (χ4n) is 5.83. The van der Waals surface area contributed by atoms with E-state index in [1.165, 1.54) is 25.3 Å². The summed E-state index contributed by atoms with van der Waals surface area (Å²) in [6, 6.07) is 12.7. The fraction of sp³-hybridized carbons (Fsp3) is 0.536. The van der Waals surface area contributed by atoms with Crippen LogP contribution in [0.15, 0.2) is 42.5 Å². The highest BCUT2D eigenvalue weighted by atomic mass is 19.1. The average Bonchev–Trinajstić information content (AvgIpc) is 3.21. The maximum Gasteiger partial charge on any atom is 0.123 e. The largest absolute Gasteiger partial charge is 0.496 e. The van der Waals surface area contributed by atoms with Crippen LogP contribution in [-0.4, -0.2) is 27.8 Å². The van der Waals surface area contributed by atoms with Gasteiger partial charge in [-0.2, -0.15) is 0 Å². The van der Waals surface area contributed by atoms with Crippen LogP contribution in [-0.2, 0) is 11.8 Å². The van der Waals surface area contributed by atoms with Crippen LogP contribution in [0.3, 0.4) is 0 Å². The Balaban J connectivity index is 1.68. The molecule has 1 aromatic heterocycles. The molecular formula is C28H37FN2O2. The molecule has 0 bridgehead atoms. The number of hydrogen-bond donors (Lipinski definition) is 2. The molecule has 2 N–H and O–H groups in total. The molecule has 0 spiro atoms. The monoisotopic (exact) mass is 452 g/mol. The highest BCUT2D eigenvalue weighted by molar-refractivity contribution is 5.74. The molecule has 0 aliphatic heterocycles. The topological polar surface area (TPSA) is 58.1 Å². The first-order chi connectivity index (χ1) is 15.8. The summed E-state index contributed by atoms with van der Waals surface area (Å²) in [5.74, 6) is 1.70. The lowest BCUT2D eigenvalue weighted by Gasteiger charge is -2.41. The first-order valence-corrected chi connectivity index (χ1v) is 12.3. The Labute approximate surface area is 196 Å². The van der Waals surface area contributed by atoms with Crippen molar-refractivity contribution < 1.29 is 14.2 Å². The molecule has 1 saturated carbocycles. The van der Waals surface area contributed by atoms with Gasteiger partial charge in [-0.3, -0.25) is 0 Å². The van der Waals surface area contributed by atoms with Crippen molar-refractivity contribution in [3.8, 4) is 5.75 Å². The van der Waals surface area contributed by atoms with Crippen LogP contribution in [0.2, 0.25) is 0 Å². The molecule has 0 amide bonds. The summed E-state index contributed by atoms with van der Waals surface area (Å²) in [6.45, 7) is 4.22. The first kappa shape index (κ1) is 23.7. The Morgan fingerprint density at radius 2 is 1.91 bits per heavy atom. The van der Waals surface area contributed by atoms with E-state index < -0.39 is 11.0 Å². The summed E-state index contributed by atoms with van der Waals surface area (Å²) in [5, 5.41) is 12.2. The van der Waals surface area contributed by atoms with Gasteiger partial charge in [-0.15, -0.1) is 0 Å². The van der Waals surface area contributed by atoms with E-state index in [9.17, 15) is 9.50 Å². The quantitative estimate of drug-likeness (QED) is 0.379. The van der Waals surface area contributed by atoms with E-state index in [2.05, 4.69) is 18.8 Å². The van der Waals surface area contributed by atoms with Crippen LogP contribution in [0.1, 0.15) is 76.6 Å². The second-order valence-corrected chi connectivity index (χ2v) is 10.2. The molecule has 1 fully saturated rings. The van der Waals surface area contributed by atoms with Crippen molar-refractivity contribution in [1.29, 1.82) is 0 Å². The number of hydrogen-bond acceptors (Lipinski definition) is 3. The number of nitrogens with zero attached hydrogens (tertiary/aromatic N) is 1. The van der Waals surface area contributed by atoms with E-state index >= 15 is 0 Å². The zero-order chi connectivity index (χ0) is 23.5. The maximum absolute atomic E-state index is 14.3. The number of imidazole rings is 1. The van der Waals surface area contributed by atoms with Crippen molar-refractivity contribution in [2.75, 3.05) is 7.11 Å². The van der Waals surface area contributed by atoms with E-state index in [1.807, 2.05) is 24.3 Å². The number of methoxy groups -OCH3 is 1. The summed E-state index contributed by atoms with van der Waals surface area (Å²) in [7, 11) is 1.62. The second kappa shape index (κ2) is 9.84. The molecule has 3 aromatic rings. The molecule has 4 rings (SSSR count). The van der Waals surface area contributed by atoms with Crippen LogP contribution in [0.4, 0.5) is 4.39 Å². The van der Waals surface area contributed by atoms with Crippen molar-refractivity contribution in [1.82, 2.24) is 9.97 Å². The predicted octanol–water partition coefficient (Wildman–Crippen LogP) is 6.71. The summed E-state index contributed by atoms with van der Waals surface area (Å²) in [5.41, 5.74) is 1.32. The first-order valence-electron chi connectivity index (χ1n) is 12.3. The Kier molecular flexibility index (Phi) is 7.08. The molecule has 33 heavy (non-hydrogen) atoms. The lowest BCUT2D eigenvalue weighted by Crippen LogP contribution is -2.42. The van der Waals surface area contributed by atoms with Gasteiger partial charge in [0.25, 0.3) is 0 Å². The highest BCUT2D eigenvalue weighted by Crippen LogP contribution is 2.44. The van der Waals surface area contributed by atoms with Gasteiger partial charge in [-0.05, 0) is 60.9 Å². The van der Waals surface area contributed by atoms with Gasteiger partial charge in [-0.25, -0.2) is 9.37 Å². The number of benzene rings is 2. The van der Waals surface area contributed by atoms with Crippen LogP contribution >= 0.6 is 0 Å². The molecule has 1 heterocycles. The molecule has 1 aliphatic carbocycles. The number of rotatable bonds is 9. The van der Waals surface area contributed by atoms with E-state index in [0.29, 0.717) is 24.5 Å². The van der Waals surface area contributed by atoms with Crippen molar-refractivity contribution in [2.24, 2.45) is 5.92 Å². The average molecular weight is 453 g/mol. The zero-order valence-corrected chi connectivity index (χ0v) is 20.2. The third-order valence-electron chi connectivity index (χ3n) is 7.64. The van der Waals surface area contributed by atoms with E-state index in [1.54, 1.807) is 19.2 Å². The number of ether oxygens (including phenoxy) is 1. The Morgan fingerprint density at radius 3 is 2.61 bits per heavy atom. The minimum absolute atomic E-state index is 0.279. The number of nitrogens with one attached hydrogen (secondary N) is 1. The summed E-state index contributed by atoms with van der Waals surface area (Å²) < 4.78 is 19.9. The van der Waals surface area contributed by atoms with Crippen LogP contribution in [0.5, 0.6) is 5.75 Å². The molecule has 1 aliphatic rings. The number of aromatic nitrogens is 2. The molecule has 2 unspecified atom stereocenters. The number of H-pyrrole nitrogens is 1. The van der Waals surface area contributed by atoms with Crippen LogP contribution in [0.25, 0.3) is 11.0 Å². The molecule has 2 atom stereocenters. The number of fused-ring (bicyclic) bond motifs is 1. The molecule has 2 aromatic carbocycles. The third-order valence-corrected chi connectivity index (χ3v) is 7.64. The smallest absolute Gasteiger partial charge is 0.123 e. The lowest BCUT2D eigenvalue weighted by atomic mass is 9.67. The van der Waals surface area contributed by atoms with Gasteiger partial charge in [0.15, 0.2) is 0 Å². The minimum atomic E-state index is -0.960. The Hall–Kier alpha value is -2.40. The van der Waals surface area contributed by atoms with E-state index in [-0.39, 0.29) is 5.82 Å². The standard InChI is InChI=1S/C28H37FN2O2/c1-4-27(2,22-16-21(29)14-15-25(22)33-3)19-28(32,17-20-10-6-5-7-11-20)18-26-30-23-12-8-9-13-24(23)31-26/h8-9,12-16,20,32H,4-7,10-11,17-19H2,1-3H3,(H,30,31). The van der Waals surface area contributed by atoms with Gasteiger partial charge in [0.05, 0.1) is 23.7 Å². The molecule has 0 radical (unpaired) electrons. The molecular weight excluding hydrogens is 415 g/mol. The van der Waals surface area contributed by atoms with E-state index in [4.69, 9.17) is 9.72 Å². The van der Waals surface area contributed by atoms with Crippen molar-refractivity contribution >= 4 is 11.0 Å². The maximum atomic E-state index is 14.3. The van der Waals surface area contributed by atoms with Crippen molar-refractivity contribution in [3.05, 3.63) is 59.7 Å². The zero-order valence-electron chi connectivity index (χ0n) is 20.2. The molecule has 178 valence electrons. The van der Waals surface area contributed by atoms with E-state index in [0.717, 1.165) is 48.1 Å². The summed E-state index contributed by atoms with van der Waals surface area (Å²) in [4.78, 5) is 8.17. The van der Waals surface area contributed by atoms with Gasteiger partial charge in [0.1, 0.15) is 17.4 Å². The summed E-state index contributed by atoms with van der Waals surface area (Å²) >= 11 is 0. The Bertz CT molecular complexity index is 1040. The highest BCUT2D eigenvalue weighted by Gasteiger charge is 2.41. The fourth-order valence-corrected chi connectivity index (χ4v) is 5.83. The molecule has 4 nitrogen and oxygen atoms in total. The Morgan fingerprint density at radius 1 is 1.15 bits per heavy atom. The van der Waals surface area contributed by atoms with Crippen LogP contribution in [0, 0.1) is 11.7 Å². The SMILES string of the molecule is CCC(C)(CC(O)(Cc1nc2ccccc2[nH]1)CC1CCCCC1)c1cc(F)ccc1OC. The van der Waals surface area contributed by atoms with Gasteiger partial charge in [0.2, 0.25) is 0 Å². The number of halogens is 1. The van der Waals surface area contributed by atoms with Gasteiger partial charge in [-0.1, -0.05) is 58.1 Å². The van der Waals surface area contributed by atoms with Gasteiger partial charge < -0.3 is 14.8 Å². The van der Waals surface area contributed by atoms with Gasteiger partial charge in [0, 0.05) is 12.0 Å². The normalized spacial score (nSPS) is 18.7. The minimum Gasteiger partial charge on any atom is -0.496 e. The predicted molar refractivity (Wildman–Crippen MR) is 131 cm³/mol. The summed E-state index contributed by atoms with van der Waals surface area (Å²) in [6.07, 6.45) is 8.53. The number of aliphatic hydroxyl groups is 1. The van der Waals surface area contributed by atoms with Gasteiger partial charge >= 0.3 is 0 Å². The van der Waals surface area contributed by atoms with Crippen molar-refractivity contribution in [3.63, 3.8) is 0 Å². The lowest BCUT2D eigenvalue weighted by molar-refractivity contribution is -0.0180. The molecule has 5 heteroatoms. The number of aromatic amines is 1. The van der Waals surface area contributed by atoms with Crippen molar-refractivity contribution in [2.45, 2.75) is 82.7 Å². The molecule has 0 saturated heterocycles. The number of para-hydroxylation sites is 2. The third kappa shape index (κ3) is 5.40. The second-order valence-electron chi connectivity index (χ2n) is 10.2. The van der Waals surface area contributed by atoms with Crippen LogP contribution < -0.4 is 4.74 Å².